The van der Waals surface area contributed by atoms with Crippen LogP contribution in [-0.4, -0.2) is 61.7 Å². The summed E-state index contributed by atoms with van der Waals surface area (Å²) in [4.78, 5) is 4.97. The summed E-state index contributed by atoms with van der Waals surface area (Å²) in [7, 11) is 3.90. The Morgan fingerprint density at radius 2 is 1.95 bits per heavy atom. The van der Waals surface area contributed by atoms with Gasteiger partial charge in [-0.2, -0.15) is 0 Å². The Kier molecular flexibility index (Phi) is 5.25. The Hall–Kier alpha value is -1.10. The lowest BCUT2D eigenvalue weighted by molar-refractivity contribution is 0.0275. The van der Waals surface area contributed by atoms with Gasteiger partial charge in [0.1, 0.15) is 5.75 Å². The molecule has 21 heavy (non-hydrogen) atoms. The number of methoxy groups -OCH3 is 1. The molecule has 1 aliphatic rings. The van der Waals surface area contributed by atoms with Crippen LogP contribution in [0.25, 0.3) is 0 Å². The maximum absolute atomic E-state index is 6.14. The van der Waals surface area contributed by atoms with Crippen LogP contribution < -0.4 is 10.5 Å². The normalized spacial score (nSPS) is 23.8. The molecule has 1 heterocycles. The van der Waals surface area contributed by atoms with Gasteiger partial charge in [0.2, 0.25) is 0 Å². The number of nitrogens with zero attached hydrogens (tertiary/aromatic N) is 2. The lowest BCUT2D eigenvalue weighted by Crippen LogP contribution is -2.61. The van der Waals surface area contributed by atoms with Gasteiger partial charge >= 0.3 is 0 Å². The van der Waals surface area contributed by atoms with Crippen LogP contribution in [0.4, 0.5) is 0 Å². The lowest BCUT2D eigenvalue weighted by Gasteiger charge is -2.47. The van der Waals surface area contributed by atoms with Crippen LogP contribution in [0, 0.1) is 0 Å². The van der Waals surface area contributed by atoms with E-state index in [2.05, 4.69) is 42.8 Å². The average Bonchev–Trinajstić information content (AvgIpc) is 2.50. The molecule has 0 saturated carbocycles. The molecule has 1 aromatic carbocycles. The van der Waals surface area contributed by atoms with Gasteiger partial charge in [0.05, 0.1) is 7.11 Å². The van der Waals surface area contributed by atoms with Crippen LogP contribution in [-0.2, 0) is 6.42 Å². The predicted molar refractivity (Wildman–Crippen MR) is 87.8 cm³/mol. The quantitative estimate of drug-likeness (QED) is 0.894. The molecule has 4 heteroatoms. The summed E-state index contributed by atoms with van der Waals surface area (Å²) in [5.41, 5.74) is 7.48. The summed E-state index contributed by atoms with van der Waals surface area (Å²) >= 11 is 0. The predicted octanol–water partition coefficient (Wildman–Crippen LogP) is 1.59. The van der Waals surface area contributed by atoms with Gasteiger partial charge in [-0.3, -0.25) is 4.90 Å². The topological polar surface area (TPSA) is 41.7 Å². The minimum atomic E-state index is 0.0180. The molecule has 2 atom stereocenters. The van der Waals surface area contributed by atoms with E-state index in [1.165, 1.54) is 5.56 Å². The second-order valence-corrected chi connectivity index (χ2v) is 6.50. The zero-order chi connectivity index (χ0) is 15.5. The Labute approximate surface area is 128 Å². The second kappa shape index (κ2) is 6.77. The number of likely N-dealkylation sites (N-methyl/N-ethyl adjacent to an activating group) is 1. The molecular weight excluding hydrogens is 262 g/mol. The van der Waals surface area contributed by atoms with E-state index in [1.54, 1.807) is 7.11 Å². The first-order valence-electron chi connectivity index (χ1n) is 7.77. The second-order valence-electron chi connectivity index (χ2n) is 6.50. The molecule has 1 fully saturated rings. The number of rotatable bonds is 5. The molecule has 0 aliphatic carbocycles. The van der Waals surface area contributed by atoms with Gasteiger partial charge in [0.25, 0.3) is 0 Å². The van der Waals surface area contributed by atoms with Gasteiger partial charge in [-0.05, 0) is 45.0 Å². The number of hydrogen-bond donors (Lipinski definition) is 1. The van der Waals surface area contributed by atoms with E-state index in [9.17, 15) is 0 Å². The van der Waals surface area contributed by atoms with Gasteiger partial charge in [-0.25, -0.2) is 0 Å². The summed E-state index contributed by atoms with van der Waals surface area (Å²) in [5, 5.41) is 0. The first-order valence-corrected chi connectivity index (χ1v) is 7.77. The molecule has 0 aromatic heterocycles. The average molecular weight is 291 g/mol. The zero-order valence-electron chi connectivity index (χ0n) is 13.8. The van der Waals surface area contributed by atoms with E-state index in [1.807, 2.05) is 12.1 Å². The summed E-state index contributed by atoms with van der Waals surface area (Å²) in [6.07, 6.45) is 0.976. The molecule has 1 aliphatic heterocycles. The third-order valence-corrected chi connectivity index (χ3v) is 4.91. The van der Waals surface area contributed by atoms with Gasteiger partial charge in [-0.15, -0.1) is 0 Å². The lowest BCUT2D eigenvalue weighted by atomic mass is 9.89. The van der Waals surface area contributed by atoms with Crippen LogP contribution in [0.2, 0.25) is 0 Å². The molecule has 0 bridgehead atoms. The number of benzene rings is 1. The van der Waals surface area contributed by atoms with Crippen LogP contribution >= 0.6 is 0 Å². The van der Waals surface area contributed by atoms with Crippen molar-refractivity contribution < 1.29 is 4.74 Å². The summed E-state index contributed by atoms with van der Waals surface area (Å²) in [5.74, 6) is 0.904. The first-order chi connectivity index (χ1) is 9.98. The van der Waals surface area contributed by atoms with E-state index in [0.29, 0.717) is 12.6 Å². The van der Waals surface area contributed by atoms with Gasteiger partial charge < -0.3 is 15.4 Å². The van der Waals surface area contributed by atoms with E-state index in [4.69, 9.17) is 10.5 Å². The molecule has 0 spiro atoms. The smallest absolute Gasteiger partial charge is 0.118 e. The molecule has 2 unspecified atom stereocenters. The van der Waals surface area contributed by atoms with Crippen LogP contribution in [0.5, 0.6) is 5.75 Å². The number of piperazine rings is 1. The third-order valence-electron chi connectivity index (χ3n) is 4.91. The van der Waals surface area contributed by atoms with Crippen molar-refractivity contribution in [1.29, 1.82) is 0 Å². The highest BCUT2D eigenvalue weighted by atomic mass is 16.5. The van der Waals surface area contributed by atoms with Crippen LogP contribution in [0.3, 0.4) is 0 Å². The molecule has 1 aromatic rings. The largest absolute Gasteiger partial charge is 0.497 e. The molecule has 4 nitrogen and oxygen atoms in total. The monoisotopic (exact) mass is 291 g/mol. The molecule has 0 radical (unpaired) electrons. The van der Waals surface area contributed by atoms with Gasteiger partial charge in [-0.1, -0.05) is 12.1 Å². The van der Waals surface area contributed by atoms with Crippen molar-refractivity contribution in [2.45, 2.75) is 31.8 Å². The summed E-state index contributed by atoms with van der Waals surface area (Å²) in [6, 6.07) is 8.93. The summed E-state index contributed by atoms with van der Waals surface area (Å²) in [6.45, 7) is 8.53. The Morgan fingerprint density at radius 3 is 2.48 bits per heavy atom. The van der Waals surface area contributed by atoms with Crippen LogP contribution in [0.15, 0.2) is 24.3 Å². The van der Waals surface area contributed by atoms with Crippen LogP contribution in [0.1, 0.15) is 19.4 Å². The van der Waals surface area contributed by atoms with E-state index in [-0.39, 0.29) is 5.54 Å². The molecule has 118 valence electrons. The maximum Gasteiger partial charge on any atom is 0.118 e. The standard InChI is InChI=1S/C17H29N3O/c1-14-12-20(10-9-19(14)3)17(2,13-18)11-15-5-7-16(21-4)8-6-15/h5-8,14H,9-13,18H2,1-4H3. The fourth-order valence-corrected chi connectivity index (χ4v) is 3.03. The van der Waals surface area contributed by atoms with Crippen molar-refractivity contribution in [3.8, 4) is 5.75 Å². The van der Waals surface area contributed by atoms with Crippen molar-refractivity contribution in [2.24, 2.45) is 5.73 Å². The first kappa shape index (κ1) is 16.3. The Balaban J connectivity index is 2.09. The third kappa shape index (κ3) is 3.76. The Morgan fingerprint density at radius 1 is 1.29 bits per heavy atom. The maximum atomic E-state index is 6.14. The number of nitrogens with two attached hydrogens (primary N) is 1. The fraction of sp³-hybridized carbons (Fsp3) is 0.647. The van der Waals surface area contributed by atoms with Crippen molar-refractivity contribution >= 4 is 0 Å². The van der Waals surface area contributed by atoms with E-state index < -0.39 is 0 Å². The summed E-state index contributed by atoms with van der Waals surface area (Å²) < 4.78 is 5.23. The minimum absolute atomic E-state index is 0.0180. The molecule has 2 N–H and O–H groups in total. The highest BCUT2D eigenvalue weighted by molar-refractivity contribution is 5.28. The molecule has 1 saturated heterocycles. The fourth-order valence-electron chi connectivity index (χ4n) is 3.03. The van der Waals surface area contributed by atoms with Gasteiger partial charge in [0, 0.05) is 37.8 Å². The van der Waals surface area contributed by atoms with Crippen molar-refractivity contribution in [1.82, 2.24) is 9.80 Å². The van der Waals surface area contributed by atoms with Crippen molar-refractivity contribution in [3.63, 3.8) is 0 Å². The van der Waals surface area contributed by atoms with E-state index in [0.717, 1.165) is 31.8 Å². The molecule has 2 rings (SSSR count). The highest BCUT2D eigenvalue weighted by Gasteiger charge is 2.34. The van der Waals surface area contributed by atoms with E-state index >= 15 is 0 Å². The zero-order valence-corrected chi connectivity index (χ0v) is 13.8. The SMILES string of the molecule is COc1ccc(CC(C)(CN)N2CCN(C)C(C)C2)cc1. The number of ether oxygens (including phenoxy) is 1. The van der Waals surface area contributed by atoms with Crippen molar-refractivity contribution in [3.05, 3.63) is 29.8 Å². The van der Waals surface area contributed by atoms with Crippen molar-refractivity contribution in [2.75, 3.05) is 40.3 Å². The molecule has 0 amide bonds. The number of hydrogen-bond acceptors (Lipinski definition) is 4. The highest BCUT2D eigenvalue weighted by Crippen LogP contribution is 2.24. The Bertz CT molecular complexity index is 448. The van der Waals surface area contributed by atoms with Gasteiger partial charge in [0.15, 0.2) is 0 Å². The molecular formula is C17H29N3O. The minimum Gasteiger partial charge on any atom is -0.497 e.